The molecule has 2 heterocycles. The third kappa shape index (κ3) is 4.79. The molecule has 1 aliphatic heterocycles. The first kappa shape index (κ1) is 21.1. The lowest BCUT2D eigenvalue weighted by Crippen LogP contribution is -2.27. The van der Waals surface area contributed by atoms with Gasteiger partial charge in [-0.2, -0.15) is 4.98 Å². The van der Waals surface area contributed by atoms with Gasteiger partial charge in [-0.3, -0.25) is 4.79 Å². The highest BCUT2D eigenvalue weighted by molar-refractivity contribution is 6.31. The van der Waals surface area contributed by atoms with E-state index in [0.717, 1.165) is 0 Å². The van der Waals surface area contributed by atoms with Crippen molar-refractivity contribution in [2.75, 3.05) is 0 Å². The minimum absolute atomic E-state index is 0.0838. The highest BCUT2D eigenvalue weighted by atomic mass is 35.5. The van der Waals surface area contributed by atoms with E-state index in [1.165, 1.54) is 47.4 Å². The Kier molecular flexibility index (Phi) is 5.57. The van der Waals surface area contributed by atoms with Crippen LogP contribution in [-0.4, -0.2) is 27.3 Å². The fourth-order valence-corrected chi connectivity index (χ4v) is 3.49. The molecule has 0 aliphatic carbocycles. The Morgan fingerprint density at radius 3 is 2.61 bits per heavy atom. The molecule has 1 atom stereocenters. The summed E-state index contributed by atoms with van der Waals surface area (Å²) < 4.78 is 59.5. The van der Waals surface area contributed by atoms with E-state index in [4.69, 9.17) is 16.1 Å². The second-order valence-corrected chi connectivity index (χ2v) is 7.26. The molecule has 11 heteroatoms. The Bertz CT molecular complexity index is 1100. The van der Waals surface area contributed by atoms with Crippen LogP contribution in [0.15, 0.2) is 47.0 Å². The number of carbonyl (C=O) groups excluding carboxylic acids is 1. The average Bonchev–Trinajstić information content (AvgIpc) is 3.32. The molecule has 1 amide bonds. The average molecular weight is 456 g/mol. The lowest BCUT2D eigenvalue weighted by Gasteiger charge is -2.22. The molecule has 1 fully saturated rings. The number of carbonyl (C=O) groups is 1. The Morgan fingerprint density at radius 1 is 1.19 bits per heavy atom. The van der Waals surface area contributed by atoms with Gasteiger partial charge in [0.2, 0.25) is 17.6 Å². The van der Waals surface area contributed by atoms with Crippen molar-refractivity contribution in [2.24, 2.45) is 0 Å². The van der Waals surface area contributed by atoms with Crippen LogP contribution in [-0.2, 0) is 11.3 Å². The molecule has 1 unspecified atom stereocenters. The predicted molar refractivity (Wildman–Crippen MR) is 100 cm³/mol. The summed E-state index contributed by atoms with van der Waals surface area (Å²) in [7, 11) is 0. The SMILES string of the molecule is O=C1CCC(c2nc(-c3ccc(F)c(Cl)c3)no2)N1Cc1ccc(OC(F)(F)F)cc1. The molecule has 1 aliphatic rings. The zero-order chi connectivity index (χ0) is 22.2. The standard InChI is InChI=1S/C20H14ClF4N3O3/c21-14-9-12(3-6-15(14)22)18-26-19(31-27-18)16-7-8-17(29)28(16)10-11-1-4-13(5-2-11)30-20(23,24)25/h1-6,9,16H,7-8,10H2. The van der Waals surface area contributed by atoms with Gasteiger partial charge in [0, 0.05) is 18.5 Å². The van der Waals surface area contributed by atoms with Crippen LogP contribution in [0.4, 0.5) is 17.6 Å². The molecule has 31 heavy (non-hydrogen) atoms. The minimum atomic E-state index is -4.78. The van der Waals surface area contributed by atoms with E-state index >= 15 is 0 Å². The van der Waals surface area contributed by atoms with Crippen LogP contribution in [0.5, 0.6) is 5.75 Å². The van der Waals surface area contributed by atoms with E-state index in [1.54, 1.807) is 0 Å². The lowest BCUT2D eigenvalue weighted by molar-refractivity contribution is -0.274. The molecule has 1 saturated heterocycles. The van der Waals surface area contributed by atoms with Gasteiger partial charge in [0.05, 0.1) is 5.02 Å². The number of ether oxygens (including phenoxy) is 1. The number of amides is 1. The second-order valence-electron chi connectivity index (χ2n) is 6.85. The Hall–Kier alpha value is -3.14. The fourth-order valence-electron chi connectivity index (χ4n) is 3.30. The maximum absolute atomic E-state index is 13.4. The summed E-state index contributed by atoms with van der Waals surface area (Å²) in [5, 5.41) is 3.80. The van der Waals surface area contributed by atoms with E-state index < -0.39 is 18.2 Å². The lowest BCUT2D eigenvalue weighted by atomic mass is 10.1. The molecule has 1 aromatic heterocycles. The van der Waals surface area contributed by atoms with Crippen LogP contribution < -0.4 is 4.74 Å². The summed E-state index contributed by atoms with van der Waals surface area (Å²) in [5.74, 6) is -0.665. The smallest absolute Gasteiger partial charge is 0.406 e. The first-order chi connectivity index (χ1) is 14.7. The molecule has 3 aromatic rings. The number of benzene rings is 2. The monoisotopic (exact) mass is 455 g/mol. The molecule has 0 radical (unpaired) electrons. The summed E-state index contributed by atoms with van der Waals surface area (Å²) in [4.78, 5) is 18.2. The maximum Gasteiger partial charge on any atom is 0.573 e. The largest absolute Gasteiger partial charge is 0.573 e. The van der Waals surface area contributed by atoms with E-state index in [9.17, 15) is 22.4 Å². The molecular formula is C20H14ClF4N3O3. The van der Waals surface area contributed by atoms with E-state index in [2.05, 4.69) is 14.9 Å². The Labute approximate surface area is 178 Å². The van der Waals surface area contributed by atoms with E-state index in [1.807, 2.05) is 0 Å². The second kappa shape index (κ2) is 8.18. The summed E-state index contributed by atoms with van der Waals surface area (Å²) >= 11 is 5.79. The zero-order valence-electron chi connectivity index (χ0n) is 15.7. The summed E-state index contributed by atoms with van der Waals surface area (Å²) in [6, 6.07) is 8.78. The van der Waals surface area contributed by atoms with Crippen molar-refractivity contribution in [3.63, 3.8) is 0 Å². The summed E-state index contributed by atoms with van der Waals surface area (Å²) in [6.07, 6.45) is -4.07. The van der Waals surface area contributed by atoms with Crippen LogP contribution in [0.25, 0.3) is 11.4 Å². The molecule has 4 rings (SSSR count). The van der Waals surface area contributed by atoms with Gasteiger partial charge in [-0.05, 0) is 42.3 Å². The van der Waals surface area contributed by atoms with Gasteiger partial charge in [-0.1, -0.05) is 28.9 Å². The topological polar surface area (TPSA) is 68.5 Å². The van der Waals surface area contributed by atoms with Crippen molar-refractivity contribution < 1.29 is 31.6 Å². The van der Waals surface area contributed by atoms with Gasteiger partial charge in [-0.25, -0.2) is 4.39 Å². The number of hydrogen-bond donors (Lipinski definition) is 0. The fraction of sp³-hybridized carbons (Fsp3) is 0.250. The van der Waals surface area contributed by atoms with Gasteiger partial charge in [0.1, 0.15) is 17.6 Å². The molecular weight excluding hydrogens is 442 g/mol. The third-order valence-electron chi connectivity index (χ3n) is 4.74. The summed E-state index contributed by atoms with van der Waals surface area (Å²) in [6.45, 7) is 0.149. The van der Waals surface area contributed by atoms with Crippen LogP contribution >= 0.6 is 11.6 Å². The molecule has 0 saturated carbocycles. The van der Waals surface area contributed by atoms with Gasteiger partial charge in [-0.15, -0.1) is 13.2 Å². The van der Waals surface area contributed by atoms with Crippen molar-refractivity contribution in [3.05, 3.63) is 64.8 Å². The number of rotatable bonds is 5. The van der Waals surface area contributed by atoms with Crippen LogP contribution in [0.3, 0.4) is 0 Å². The molecule has 0 spiro atoms. The van der Waals surface area contributed by atoms with E-state index in [-0.39, 0.29) is 41.4 Å². The number of hydrogen-bond acceptors (Lipinski definition) is 5. The first-order valence-electron chi connectivity index (χ1n) is 9.13. The predicted octanol–water partition coefficient (Wildman–Crippen LogP) is 5.29. The Balaban J connectivity index is 1.51. The number of likely N-dealkylation sites (tertiary alicyclic amines) is 1. The van der Waals surface area contributed by atoms with E-state index in [0.29, 0.717) is 17.5 Å². The quantitative estimate of drug-likeness (QED) is 0.489. The van der Waals surface area contributed by atoms with Gasteiger partial charge in [0.15, 0.2) is 0 Å². The number of alkyl halides is 3. The molecule has 2 aromatic carbocycles. The zero-order valence-corrected chi connectivity index (χ0v) is 16.5. The molecule has 162 valence electrons. The summed E-state index contributed by atoms with van der Waals surface area (Å²) in [5.41, 5.74) is 1.07. The molecule has 6 nitrogen and oxygen atoms in total. The number of aromatic nitrogens is 2. The molecule has 0 N–H and O–H groups in total. The van der Waals surface area contributed by atoms with Gasteiger partial charge in [0.25, 0.3) is 0 Å². The van der Waals surface area contributed by atoms with Crippen LogP contribution in [0.1, 0.15) is 30.3 Å². The highest BCUT2D eigenvalue weighted by Gasteiger charge is 2.36. The maximum atomic E-state index is 13.4. The van der Waals surface area contributed by atoms with Gasteiger partial charge < -0.3 is 14.2 Å². The highest BCUT2D eigenvalue weighted by Crippen LogP contribution is 2.35. The Morgan fingerprint density at radius 2 is 1.94 bits per heavy atom. The first-order valence-corrected chi connectivity index (χ1v) is 9.50. The third-order valence-corrected chi connectivity index (χ3v) is 5.03. The van der Waals surface area contributed by atoms with Crippen LogP contribution in [0, 0.1) is 5.82 Å². The number of nitrogens with zero attached hydrogens (tertiary/aromatic N) is 3. The minimum Gasteiger partial charge on any atom is -0.406 e. The van der Waals surface area contributed by atoms with Crippen molar-refractivity contribution in [3.8, 4) is 17.1 Å². The van der Waals surface area contributed by atoms with Crippen molar-refractivity contribution in [2.45, 2.75) is 31.8 Å². The van der Waals surface area contributed by atoms with Crippen LogP contribution in [0.2, 0.25) is 5.02 Å². The van der Waals surface area contributed by atoms with Crippen molar-refractivity contribution in [1.82, 2.24) is 15.0 Å². The molecule has 0 bridgehead atoms. The van der Waals surface area contributed by atoms with Crippen molar-refractivity contribution >= 4 is 17.5 Å². The van der Waals surface area contributed by atoms with Crippen molar-refractivity contribution in [1.29, 1.82) is 0 Å². The normalized spacial score (nSPS) is 16.7. The van der Waals surface area contributed by atoms with Gasteiger partial charge >= 0.3 is 6.36 Å². The number of halogens is 5.